The summed E-state index contributed by atoms with van der Waals surface area (Å²) in [4.78, 5) is 4.82. The predicted octanol–water partition coefficient (Wildman–Crippen LogP) is 4.67. The van der Waals surface area contributed by atoms with E-state index in [1.54, 1.807) is 10.7 Å². The molecule has 4 N–H and O–H groups in total. The van der Waals surface area contributed by atoms with E-state index in [0.29, 0.717) is 17.3 Å². The Morgan fingerprint density at radius 1 is 1.09 bits per heavy atom. The number of aromatic nitrogens is 3. The number of halogens is 1. The fourth-order valence-electron chi connectivity index (χ4n) is 3.64. The molecule has 1 aromatic heterocycles. The molecule has 0 saturated carbocycles. The molecule has 4 rings (SSSR count). The lowest BCUT2D eigenvalue weighted by Crippen LogP contribution is -2.18. The van der Waals surface area contributed by atoms with Crippen molar-refractivity contribution in [3.8, 4) is 11.4 Å². The summed E-state index contributed by atoms with van der Waals surface area (Å²) < 4.78 is 16.2. The van der Waals surface area contributed by atoms with Gasteiger partial charge in [-0.3, -0.25) is 10.1 Å². The molecule has 7 heteroatoms. The van der Waals surface area contributed by atoms with Crippen molar-refractivity contribution in [2.75, 3.05) is 5.32 Å². The van der Waals surface area contributed by atoms with E-state index in [1.165, 1.54) is 17.7 Å². The Labute approximate surface area is 186 Å². The third-order valence-corrected chi connectivity index (χ3v) is 5.35. The van der Waals surface area contributed by atoms with Crippen LogP contribution in [0.3, 0.4) is 0 Å². The Morgan fingerprint density at radius 3 is 2.56 bits per heavy atom. The molecule has 32 heavy (non-hydrogen) atoms. The summed E-state index contributed by atoms with van der Waals surface area (Å²) in [6.45, 7) is 2.10. The molecule has 0 radical (unpaired) electrons. The molecule has 0 bridgehead atoms. The van der Waals surface area contributed by atoms with Gasteiger partial charge in [-0.25, -0.2) is 9.37 Å². The highest BCUT2D eigenvalue weighted by atomic mass is 19.1. The lowest BCUT2D eigenvalue weighted by atomic mass is 10.0. The minimum Gasteiger partial charge on any atom is -0.384 e. The van der Waals surface area contributed by atoms with Gasteiger partial charge in [0.15, 0.2) is 11.6 Å². The highest BCUT2D eigenvalue weighted by Crippen LogP contribution is 2.29. The quantitative estimate of drug-likeness (QED) is 0.295. The van der Waals surface area contributed by atoms with Gasteiger partial charge in [0, 0.05) is 18.3 Å². The molecule has 1 heterocycles. The van der Waals surface area contributed by atoms with Crippen LogP contribution < -0.4 is 11.1 Å². The minimum absolute atomic E-state index is 0.0742. The zero-order chi connectivity index (χ0) is 22.7. The third kappa shape index (κ3) is 4.37. The maximum absolute atomic E-state index is 14.5. The Balaban J connectivity index is 1.78. The molecular formula is C25H25FN6. The number of nitrogens with zero attached hydrogens (tertiary/aromatic N) is 3. The number of nitrogens with one attached hydrogen (secondary N) is 2. The molecule has 0 aliphatic rings. The molecular weight excluding hydrogens is 403 g/mol. The van der Waals surface area contributed by atoms with Gasteiger partial charge in [-0.05, 0) is 35.7 Å². The molecule has 0 fully saturated rings. The highest BCUT2D eigenvalue weighted by molar-refractivity contribution is 5.95. The Morgan fingerprint density at radius 2 is 1.88 bits per heavy atom. The monoisotopic (exact) mass is 428 g/mol. The van der Waals surface area contributed by atoms with Crippen molar-refractivity contribution in [1.82, 2.24) is 14.8 Å². The molecule has 3 aromatic carbocycles. The van der Waals surface area contributed by atoms with Gasteiger partial charge in [-0.15, -0.1) is 0 Å². The zero-order valence-electron chi connectivity index (χ0n) is 18.0. The van der Waals surface area contributed by atoms with Crippen LogP contribution >= 0.6 is 0 Å². The number of hydrogen-bond donors (Lipinski definition) is 3. The van der Waals surface area contributed by atoms with Crippen molar-refractivity contribution in [2.24, 2.45) is 12.8 Å². The maximum atomic E-state index is 14.5. The lowest BCUT2D eigenvalue weighted by molar-refractivity contribution is 0.624. The number of nitrogens with two attached hydrogens (primary N) is 1. The molecule has 1 unspecified atom stereocenters. The summed E-state index contributed by atoms with van der Waals surface area (Å²) in [5.74, 6) is 0.473. The van der Waals surface area contributed by atoms with Crippen LogP contribution in [0.15, 0.2) is 72.8 Å². The van der Waals surface area contributed by atoms with Gasteiger partial charge in [0.2, 0.25) is 0 Å². The standard InChI is InChI=1S/C25H25FN6/c1-3-16-8-7-11-18(14-16)22(29-19-12-13-20(23(27)28)21(26)15-19)25-30-24(31-32(25)2)17-9-5-4-6-10-17/h4-15,22,29H,3H2,1-2H3,(H3,27,28). The van der Waals surface area contributed by atoms with E-state index in [4.69, 9.17) is 16.1 Å². The molecule has 0 saturated heterocycles. The first-order valence-corrected chi connectivity index (χ1v) is 10.4. The van der Waals surface area contributed by atoms with E-state index in [0.717, 1.165) is 17.5 Å². The first-order chi connectivity index (χ1) is 15.5. The van der Waals surface area contributed by atoms with Crippen molar-refractivity contribution >= 4 is 11.5 Å². The molecule has 162 valence electrons. The van der Waals surface area contributed by atoms with Crippen molar-refractivity contribution in [3.63, 3.8) is 0 Å². The first kappa shape index (κ1) is 21.2. The van der Waals surface area contributed by atoms with Gasteiger partial charge in [0.05, 0.1) is 5.56 Å². The van der Waals surface area contributed by atoms with Crippen LogP contribution in [-0.4, -0.2) is 20.6 Å². The smallest absolute Gasteiger partial charge is 0.181 e. The molecule has 6 nitrogen and oxygen atoms in total. The molecule has 0 aliphatic heterocycles. The van der Waals surface area contributed by atoms with E-state index in [1.807, 2.05) is 49.5 Å². The summed E-state index contributed by atoms with van der Waals surface area (Å²) >= 11 is 0. The first-order valence-electron chi connectivity index (χ1n) is 10.4. The number of benzene rings is 3. The van der Waals surface area contributed by atoms with E-state index < -0.39 is 5.82 Å². The number of anilines is 1. The highest BCUT2D eigenvalue weighted by Gasteiger charge is 2.22. The molecule has 0 amide bonds. The molecule has 0 spiro atoms. The van der Waals surface area contributed by atoms with Crippen LogP contribution in [-0.2, 0) is 13.5 Å². The normalized spacial score (nSPS) is 11.8. The van der Waals surface area contributed by atoms with Crippen molar-refractivity contribution in [2.45, 2.75) is 19.4 Å². The van der Waals surface area contributed by atoms with Crippen LogP contribution in [0.2, 0.25) is 0 Å². The summed E-state index contributed by atoms with van der Waals surface area (Å²) in [7, 11) is 1.85. The number of hydrogen-bond acceptors (Lipinski definition) is 4. The lowest BCUT2D eigenvalue weighted by Gasteiger charge is -2.20. The Kier molecular flexibility index (Phi) is 5.98. The minimum atomic E-state index is -0.550. The summed E-state index contributed by atoms with van der Waals surface area (Å²) in [5, 5.41) is 15.5. The fraction of sp³-hybridized carbons (Fsp3) is 0.160. The SMILES string of the molecule is CCc1cccc(C(Nc2ccc(C(=N)N)c(F)c2)c2nc(-c3ccccc3)nn2C)c1. The van der Waals surface area contributed by atoms with Gasteiger partial charge in [-0.2, -0.15) is 5.10 Å². The van der Waals surface area contributed by atoms with Crippen molar-refractivity contribution in [3.05, 3.63) is 101 Å². The predicted molar refractivity (Wildman–Crippen MR) is 125 cm³/mol. The van der Waals surface area contributed by atoms with E-state index >= 15 is 0 Å². The average molecular weight is 429 g/mol. The summed E-state index contributed by atoms with van der Waals surface area (Å²) in [5.41, 5.74) is 9.20. The molecule has 0 aliphatic carbocycles. The Hall–Kier alpha value is -4.00. The third-order valence-electron chi connectivity index (χ3n) is 5.35. The van der Waals surface area contributed by atoms with Gasteiger partial charge in [-0.1, -0.05) is 61.5 Å². The van der Waals surface area contributed by atoms with Gasteiger partial charge >= 0.3 is 0 Å². The fourth-order valence-corrected chi connectivity index (χ4v) is 3.64. The number of nitrogen functional groups attached to an aromatic ring is 1. The van der Waals surface area contributed by atoms with Gasteiger partial charge in [0.25, 0.3) is 0 Å². The summed E-state index contributed by atoms with van der Waals surface area (Å²) in [6, 6.07) is 22.2. The van der Waals surface area contributed by atoms with Crippen molar-refractivity contribution < 1.29 is 4.39 Å². The Bertz CT molecular complexity index is 1250. The van der Waals surface area contributed by atoms with Crippen molar-refractivity contribution in [1.29, 1.82) is 5.41 Å². The van der Waals surface area contributed by atoms with E-state index in [2.05, 4.69) is 29.5 Å². The maximum Gasteiger partial charge on any atom is 0.181 e. The second-order valence-corrected chi connectivity index (χ2v) is 7.57. The number of amidine groups is 1. The van der Waals surface area contributed by atoms with Gasteiger partial charge < -0.3 is 11.1 Å². The number of aryl methyl sites for hydroxylation is 2. The molecule has 4 aromatic rings. The second-order valence-electron chi connectivity index (χ2n) is 7.57. The van der Waals surface area contributed by atoms with Crippen LogP contribution in [0.25, 0.3) is 11.4 Å². The van der Waals surface area contributed by atoms with Crippen LogP contribution in [0.1, 0.15) is 35.5 Å². The molecule has 1 atom stereocenters. The van der Waals surface area contributed by atoms with E-state index in [9.17, 15) is 4.39 Å². The van der Waals surface area contributed by atoms with Crippen LogP contribution in [0.5, 0.6) is 0 Å². The second kappa shape index (κ2) is 9.01. The largest absolute Gasteiger partial charge is 0.384 e. The van der Waals surface area contributed by atoms with Crippen LogP contribution in [0.4, 0.5) is 10.1 Å². The van der Waals surface area contributed by atoms with E-state index in [-0.39, 0.29) is 17.4 Å². The number of rotatable bonds is 7. The van der Waals surface area contributed by atoms with Crippen LogP contribution in [0, 0.1) is 11.2 Å². The summed E-state index contributed by atoms with van der Waals surface area (Å²) in [6.07, 6.45) is 0.899. The zero-order valence-corrected chi connectivity index (χ0v) is 18.0. The van der Waals surface area contributed by atoms with Gasteiger partial charge in [0.1, 0.15) is 17.7 Å². The average Bonchev–Trinajstić information content (AvgIpc) is 3.19. The topological polar surface area (TPSA) is 92.6 Å².